The van der Waals surface area contributed by atoms with Crippen molar-refractivity contribution in [3.05, 3.63) is 0 Å². The van der Waals surface area contributed by atoms with E-state index in [4.69, 9.17) is 4.74 Å². The Balaban J connectivity index is 1.91. The molecule has 0 spiro atoms. The number of carbonyl (C=O) groups excluding carboxylic acids is 1. The fourth-order valence-electron chi connectivity index (χ4n) is 1.83. The molecule has 1 aliphatic heterocycles. The van der Waals surface area contributed by atoms with Crippen LogP contribution in [0.4, 0.5) is 0 Å². The normalized spacial score (nSPS) is 16.9. The van der Waals surface area contributed by atoms with Gasteiger partial charge in [-0.1, -0.05) is 0 Å². The zero-order valence-corrected chi connectivity index (χ0v) is 10.5. The maximum Gasteiger partial charge on any atom is 0.246 e. The van der Waals surface area contributed by atoms with Gasteiger partial charge in [0.05, 0.1) is 6.10 Å². The number of nitrogens with zero attached hydrogens (tertiary/aromatic N) is 1. The maximum atomic E-state index is 11.3. The zero-order valence-electron chi connectivity index (χ0n) is 10.5. The molecule has 4 nitrogen and oxygen atoms in total. The maximum absolute atomic E-state index is 11.3. The second-order valence-corrected chi connectivity index (χ2v) is 4.61. The third kappa shape index (κ3) is 6.08. The van der Waals surface area contributed by atoms with Crippen molar-refractivity contribution in [1.82, 2.24) is 10.2 Å². The van der Waals surface area contributed by atoms with Gasteiger partial charge in [-0.3, -0.25) is 4.79 Å². The molecule has 4 heteroatoms. The quantitative estimate of drug-likeness (QED) is 0.661. The Morgan fingerprint density at radius 1 is 1.38 bits per heavy atom. The summed E-state index contributed by atoms with van der Waals surface area (Å²) in [6, 6.07) is 0. The van der Waals surface area contributed by atoms with Crippen molar-refractivity contribution in [2.45, 2.75) is 39.2 Å². The number of nitrogens with one attached hydrogen (secondary N) is 1. The van der Waals surface area contributed by atoms with E-state index in [9.17, 15) is 4.79 Å². The highest BCUT2D eigenvalue weighted by Gasteiger charge is 2.10. The van der Waals surface area contributed by atoms with Crippen LogP contribution in [0.15, 0.2) is 0 Å². The molecule has 16 heavy (non-hydrogen) atoms. The van der Waals surface area contributed by atoms with Gasteiger partial charge in [-0.2, -0.15) is 0 Å². The molecule has 0 atom stereocenters. The molecule has 1 aliphatic rings. The average Bonchev–Trinajstić information content (AvgIpc) is 2.74. The Morgan fingerprint density at radius 3 is 2.69 bits per heavy atom. The van der Waals surface area contributed by atoms with Crippen LogP contribution in [0.1, 0.15) is 33.1 Å². The fraction of sp³-hybridized carbons (Fsp3) is 0.917. The van der Waals surface area contributed by atoms with Gasteiger partial charge in [-0.05, 0) is 52.7 Å². The molecular weight excluding hydrogens is 204 g/mol. The van der Waals surface area contributed by atoms with E-state index in [-0.39, 0.29) is 18.6 Å². The van der Waals surface area contributed by atoms with Crippen LogP contribution in [0, 0.1) is 0 Å². The molecule has 0 aromatic carbocycles. The molecule has 1 rings (SSSR count). The summed E-state index contributed by atoms with van der Waals surface area (Å²) in [6.45, 7) is 8.36. The van der Waals surface area contributed by atoms with Crippen LogP contribution in [0.2, 0.25) is 0 Å². The Labute approximate surface area is 98.3 Å². The molecule has 0 unspecified atom stereocenters. The Kier molecular flexibility index (Phi) is 6.42. The minimum atomic E-state index is -0.00452. The average molecular weight is 228 g/mol. The fourth-order valence-corrected chi connectivity index (χ4v) is 1.83. The van der Waals surface area contributed by atoms with Gasteiger partial charge in [0, 0.05) is 6.54 Å². The first-order valence-corrected chi connectivity index (χ1v) is 6.29. The van der Waals surface area contributed by atoms with Gasteiger partial charge in [0.15, 0.2) is 0 Å². The van der Waals surface area contributed by atoms with E-state index in [0.717, 1.165) is 19.5 Å². The number of hydrogen-bond donors (Lipinski definition) is 1. The summed E-state index contributed by atoms with van der Waals surface area (Å²) in [5, 5.41) is 2.87. The minimum Gasteiger partial charge on any atom is -0.369 e. The summed E-state index contributed by atoms with van der Waals surface area (Å²) >= 11 is 0. The van der Waals surface area contributed by atoms with Crippen LogP contribution < -0.4 is 5.32 Å². The molecule has 1 fully saturated rings. The lowest BCUT2D eigenvalue weighted by atomic mass is 10.4. The van der Waals surface area contributed by atoms with E-state index in [1.807, 2.05) is 13.8 Å². The van der Waals surface area contributed by atoms with Crippen LogP contribution in [-0.2, 0) is 9.53 Å². The second kappa shape index (κ2) is 7.63. The lowest BCUT2D eigenvalue weighted by Crippen LogP contribution is -2.31. The lowest BCUT2D eigenvalue weighted by molar-refractivity contribution is -0.127. The SMILES string of the molecule is CC(C)OCC(=O)NCCCN1CCCC1. The summed E-state index contributed by atoms with van der Waals surface area (Å²) < 4.78 is 5.21. The highest BCUT2D eigenvalue weighted by Crippen LogP contribution is 2.06. The van der Waals surface area contributed by atoms with Gasteiger partial charge >= 0.3 is 0 Å². The number of likely N-dealkylation sites (tertiary alicyclic amines) is 1. The highest BCUT2D eigenvalue weighted by atomic mass is 16.5. The van der Waals surface area contributed by atoms with Crippen molar-refractivity contribution in [3.63, 3.8) is 0 Å². The van der Waals surface area contributed by atoms with Crippen molar-refractivity contribution in [3.8, 4) is 0 Å². The van der Waals surface area contributed by atoms with Crippen LogP contribution in [0.5, 0.6) is 0 Å². The highest BCUT2D eigenvalue weighted by molar-refractivity contribution is 5.77. The van der Waals surface area contributed by atoms with Crippen LogP contribution in [0.3, 0.4) is 0 Å². The molecule has 1 saturated heterocycles. The summed E-state index contributed by atoms with van der Waals surface area (Å²) in [5.74, 6) is -0.00452. The minimum absolute atomic E-state index is 0.00452. The summed E-state index contributed by atoms with van der Waals surface area (Å²) in [6.07, 6.45) is 3.81. The number of ether oxygens (including phenoxy) is 1. The molecule has 1 heterocycles. The molecule has 94 valence electrons. The van der Waals surface area contributed by atoms with Crippen molar-refractivity contribution in [2.24, 2.45) is 0 Å². The number of hydrogen-bond acceptors (Lipinski definition) is 3. The third-order valence-electron chi connectivity index (χ3n) is 2.72. The zero-order chi connectivity index (χ0) is 11.8. The first-order chi connectivity index (χ1) is 7.68. The summed E-state index contributed by atoms with van der Waals surface area (Å²) in [7, 11) is 0. The van der Waals surface area contributed by atoms with Crippen LogP contribution in [-0.4, -0.2) is 49.7 Å². The first kappa shape index (κ1) is 13.5. The molecule has 0 aromatic heterocycles. The topological polar surface area (TPSA) is 41.6 Å². The van der Waals surface area contributed by atoms with E-state index < -0.39 is 0 Å². The standard InChI is InChI=1S/C12H24N2O2/c1-11(2)16-10-12(15)13-6-5-9-14-7-3-4-8-14/h11H,3-10H2,1-2H3,(H,13,15). The Bertz CT molecular complexity index is 201. The lowest BCUT2D eigenvalue weighted by Gasteiger charge is -2.14. The van der Waals surface area contributed by atoms with Crippen molar-refractivity contribution in [2.75, 3.05) is 32.8 Å². The first-order valence-electron chi connectivity index (χ1n) is 6.29. The second-order valence-electron chi connectivity index (χ2n) is 4.61. The molecule has 1 amide bonds. The van der Waals surface area contributed by atoms with Gasteiger partial charge in [-0.15, -0.1) is 0 Å². The van der Waals surface area contributed by atoms with Gasteiger partial charge in [0.2, 0.25) is 5.91 Å². The van der Waals surface area contributed by atoms with Gasteiger partial charge in [0.25, 0.3) is 0 Å². The van der Waals surface area contributed by atoms with Gasteiger partial charge < -0.3 is 15.0 Å². The van der Waals surface area contributed by atoms with E-state index >= 15 is 0 Å². The van der Waals surface area contributed by atoms with Crippen molar-refractivity contribution >= 4 is 5.91 Å². The molecule has 0 saturated carbocycles. The Hall–Kier alpha value is -0.610. The van der Waals surface area contributed by atoms with Crippen LogP contribution in [0.25, 0.3) is 0 Å². The molecule has 0 aromatic rings. The predicted octanol–water partition coefficient (Wildman–Crippen LogP) is 1.01. The molecule has 0 aliphatic carbocycles. The predicted molar refractivity (Wildman–Crippen MR) is 64.4 cm³/mol. The third-order valence-corrected chi connectivity index (χ3v) is 2.72. The molecule has 1 N–H and O–H groups in total. The smallest absolute Gasteiger partial charge is 0.246 e. The van der Waals surface area contributed by atoms with E-state index in [2.05, 4.69) is 10.2 Å². The monoisotopic (exact) mass is 228 g/mol. The van der Waals surface area contributed by atoms with E-state index in [1.165, 1.54) is 25.9 Å². The van der Waals surface area contributed by atoms with Crippen molar-refractivity contribution in [1.29, 1.82) is 0 Å². The number of amides is 1. The van der Waals surface area contributed by atoms with Crippen LogP contribution >= 0.6 is 0 Å². The van der Waals surface area contributed by atoms with Crippen molar-refractivity contribution < 1.29 is 9.53 Å². The summed E-state index contributed by atoms with van der Waals surface area (Å²) in [4.78, 5) is 13.7. The van der Waals surface area contributed by atoms with Gasteiger partial charge in [0.1, 0.15) is 6.61 Å². The largest absolute Gasteiger partial charge is 0.369 e. The van der Waals surface area contributed by atoms with Gasteiger partial charge in [-0.25, -0.2) is 0 Å². The molecular formula is C12H24N2O2. The van der Waals surface area contributed by atoms with E-state index in [0.29, 0.717) is 0 Å². The molecule has 0 radical (unpaired) electrons. The number of carbonyl (C=O) groups is 1. The Morgan fingerprint density at radius 2 is 2.06 bits per heavy atom. The molecule has 0 bridgehead atoms. The summed E-state index contributed by atoms with van der Waals surface area (Å²) in [5.41, 5.74) is 0. The van der Waals surface area contributed by atoms with E-state index in [1.54, 1.807) is 0 Å². The number of rotatable bonds is 7.